The lowest BCUT2D eigenvalue weighted by atomic mass is 9.43. The molecule has 10 unspecified atom stereocenters. The minimum Gasteiger partial charge on any atom is -0.456 e. The molecular weight excluding hydrogens is 979 g/mol. The van der Waals surface area contributed by atoms with Crippen LogP contribution in [0.4, 0.5) is 9.59 Å². The van der Waals surface area contributed by atoms with Crippen LogP contribution >= 0.6 is 69.6 Å². The van der Waals surface area contributed by atoms with Gasteiger partial charge in [-0.2, -0.15) is 0 Å². The Morgan fingerprint density at radius 1 is 0.908 bits per heavy atom. The number of nitrogens with one attached hydrogen (secondary N) is 1. The lowest BCUT2D eigenvalue weighted by Gasteiger charge is -2.67. The molecule has 4 aliphatic rings. The molecule has 65 heavy (non-hydrogen) atoms. The number of rotatable bonds is 13. The summed E-state index contributed by atoms with van der Waals surface area (Å²) in [5, 5.41) is 40.7. The maximum Gasteiger partial charge on any atom is 0.508 e. The molecule has 11 atom stereocenters. The van der Waals surface area contributed by atoms with E-state index in [1.807, 2.05) is 6.07 Å². The molecule has 1 heterocycles. The van der Waals surface area contributed by atoms with Crippen molar-refractivity contribution in [2.24, 2.45) is 22.7 Å². The van der Waals surface area contributed by atoms with Crippen LogP contribution in [0.15, 0.2) is 71.8 Å². The van der Waals surface area contributed by atoms with Gasteiger partial charge in [-0.3, -0.25) is 4.79 Å². The number of benzene rings is 2. The number of alkyl halides is 6. The van der Waals surface area contributed by atoms with Gasteiger partial charge in [-0.25, -0.2) is 14.4 Å². The molecule has 0 spiro atoms. The molecule has 2 saturated carbocycles. The standard InChI is InChI=1S/C44H51Cl6NO14/c1-23-27(64-36(54)33(63-22-59-20-43(45,46)47)31(26-14-10-7-11-15-26)51-37(55)60-18-25-12-8-6-9-13-25)17-42(58)24(2)34-40(5,35(53)32(52)30(23)39(42,3)4)28(16-29-41(34,57)19-61-29)65-38(56)62-21-44(48,49)50/h6-15,24,27-29,31-34,52,57-58H,16-22H2,1-5H3,(H,51,55)/t24?,27?,28?,29?,31?,32?,33?,34?,40-,41?,42?/m1/s1. The topological polar surface area (TPSA) is 206 Å². The van der Waals surface area contributed by atoms with Crippen LogP contribution in [0.5, 0.6) is 0 Å². The van der Waals surface area contributed by atoms with Gasteiger partial charge in [-0.05, 0) is 42.0 Å². The van der Waals surface area contributed by atoms with Crippen LogP contribution in [0, 0.1) is 22.7 Å². The van der Waals surface area contributed by atoms with E-state index < -0.39 is 122 Å². The molecule has 21 heteroatoms. The first-order valence-corrected chi connectivity index (χ1v) is 22.9. The first-order valence-electron chi connectivity index (χ1n) is 20.6. The number of ether oxygens (including phenoxy) is 7. The molecule has 1 aliphatic heterocycles. The quantitative estimate of drug-likeness (QED) is 0.0386. The molecule has 3 fully saturated rings. The van der Waals surface area contributed by atoms with E-state index in [0.29, 0.717) is 11.1 Å². The second-order valence-corrected chi connectivity index (χ2v) is 22.7. The van der Waals surface area contributed by atoms with Gasteiger partial charge < -0.3 is 53.8 Å². The van der Waals surface area contributed by atoms with Gasteiger partial charge >= 0.3 is 18.2 Å². The van der Waals surface area contributed by atoms with E-state index in [-0.39, 0.29) is 37.2 Å². The fourth-order valence-corrected chi connectivity index (χ4v) is 10.6. The number of esters is 1. The first kappa shape index (κ1) is 51.7. The maximum atomic E-state index is 15.1. The summed E-state index contributed by atoms with van der Waals surface area (Å²) in [6.07, 6.45) is -10.1. The molecule has 2 aromatic rings. The molecule has 0 radical (unpaired) electrons. The zero-order valence-electron chi connectivity index (χ0n) is 35.9. The van der Waals surface area contributed by atoms with Gasteiger partial charge in [0, 0.05) is 24.2 Å². The van der Waals surface area contributed by atoms with Crippen LogP contribution in [0.3, 0.4) is 0 Å². The Kier molecular flexibility index (Phi) is 15.7. The van der Waals surface area contributed by atoms with Crippen molar-refractivity contribution in [1.29, 1.82) is 0 Å². The van der Waals surface area contributed by atoms with Crippen LogP contribution in [-0.4, -0.2) is 115 Å². The number of fused-ring (bicyclic) bond motifs is 5. The minimum atomic E-state index is -2.00. The molecule has 2 aromatic carbocycles. The van der Waals surface area contributed by atoms with Crippen LogP contribution in [0.25, 0.3) is 0 Å². The van der Waals surface area contributed by atoms with Gasteiger partial charge in [0.05, 0.1) is 36.4 Å². The number of hydrogen-bond acceptors (Lipinski definition) is 14. The van der Waals surface area contributed by atoms with E-state index in [0.717, 1.165) is 0 Å². The second kappa shape index (κ2) is 19.8. The van der Waals surface area contributed by atoms with E-state index in [1.165, 1.54) is 6.92 Å². The highest BCUT2D eigenvalue weighted by Gasteiger charge is 2.75. The average Bonchev–Trinajstić information content (AvgIpc) is 3.23. The predicted octanol–water partition coefficient (Wildman–Crippen LogP) is 7.40. The molecule has 0 aromatic heterocycles. The minimum absolute atomic E-state index is 0.0304. The summed E-state index contributed by atoms with van der Waals surface area (Å²) >= 11 is 35.0. The normalized spacial score (nSPS) is 31.7. The van der Waals surface area contributed by atoms with Gasteiger partial charge in [0.25, 0.3) is 0 Å². The van der Waals surface area contributed by atoms with Crippen molar-refractivity contribution >= 4 is 93.6 Å². The molecule has 15 nitrogen and oxygen atoms in total. The largest absolute Gasteiger partial charge is 0.508 e. The molecule has 4 N–H and O–H groups in total. The van der Waals surface area contributed by atoms with E-state index in [9.17, 15) is 29.7 Å². The van der Waals surface area contributed by atoms with Gasteiger partial charge in [0.15, 0.2) is 11.9 Å². The Morgan fingerprint density at radius 3 is 2.11 bits per heavy atom. The van der Waals surface area contributed by atoms with Gasteiger partial charge in [-0.1, -0.05) is 151 Å². The highest BCUT2D eigenvalue weighted by atomic mass is 35.6. The first-order chi connectivity index (χ1) is 30.2. The SMILES string of the molecule is CC1=C2C(O)C(=O)[C@]3(C)C(OC(=O)OCC(Cl)(Cl)Cl)CC4OCC4(O)C3C(C)C(O)(CC1OC(=O)C(OCOCC(Cl)(Cl)Cl)C(NC(=O)OCc1ccccc1)c1ccccc1)C2(C)C. The second-order valence-electron chi connectivity index (χ2n) is 17.6. The molecule has 358 valence electrons. The van der Waals surface area contributed by atoms with E-state index in [2.05, 4.69) is 5.32 Å². The fraction of sp³-hybridized carbons (Fsp3) is 0.591. The third-order valence-electron chi connectivity index (χ3n) is 13.4. The van der Waals surface area contributed by atoms with E-state index in [4.69, 9.17) is 103 Å². The number of alkyl carbamates (subject to hydrolysis) is 1. The monoisotopic (exact) mass is 1030 g/mol. The Morgan fingerprint density at radius 2 is 1.52 bits per heavy atom. The molecular formula is C44H51Cl6NO14. The number of aliphatic hydroxyl groups is 3. The van der Waals surface area contributed by atoms with Crippen molar-refractivity contribution in [3.05, 3.63) is 82.9 Å². The van der Waals surface area contributed by atoms with Crippen molar-refractivity contribution in [2.75, 3.05) is 26.6 Å². The number of aliphatic hydroxyl groups excluding tert-OH is 1. The maximum absolute atomic E-state index is 15.1. The van der Waals surface area contributed by atoms with Crippen LogP contribution < -0.4 is 5.32 Å². The zero-order valence-corrected chi connectivity index (χ0v) is 40.5. The Balaban J connectivity index is 1.37. The lowest BCUT2D eigenvalue weighted by Crippen LogP contribution is -2.79. The van der Waals surface area contributed by atoms with Crippen LogP contribution in [-0.2, 0) is 49.4 Å². The number of carbonyl (C=O) groups excluding carboxylic acids is 4. The summed E-state index contributed by atoms with van der Waals surface area (Å²) in [6.45, 7) is 5.83. The smallest absolute Gasteiger partial charge is 0.456 e. The number of carbonyl (C=O) groups is 4. The average molecular weight is 1030 g/mol. The van der Waals surface area contributed by atoms with Crippen molar-refractivity contribution in [3.63, 3.8) is 0 Å². The van der Waals surface area contributed by atoms with Crippen molar-refractivity contribution in [1.82, 2.24) is 5.32 Å². The van der Waals surface area contributed by atoms with Gasteiger partial charge in [-0.15, -0.1) is 0 Å². The highest BCUT2D eigenvalue weighted by molar-refractivity contribution is 6.68. The number of hydrogen-bond donors (Lipinski definition) is 4. The summed E-state index contributed by atoms with van der Waals surface area (Å²) in [5.74, 6) is -4.22. The molecule has 3 aliphatic carbocycles. The molecule has 1 amide bonds. The Labute approximate surface area is 406 Å². The summed E-state index contributed by atoms with van der Waals surface area (Å²) < 4.78 is 35.9. The number of halogens is 6. The Hall–Kier alpha value is -2.64. The number of amides is 1. The zero-order chi connectivity index (χ0) is 47.9. The lowest BCUT2D eigenvalue weighted by molar-refractivity contribution is -0.336. The van der Waals surface area contributed by atoms with Crippen LogP contribution in [0.1, 0.15) is 64.6 Å². The highest BCUT2D eigenvalue weighted by Crippen LogP contribution is 2.65. The Bertz CT molecular complexity index is 2100. The third-order valence-corrected chi connectivity index (χ3v) is 14.1. The van der Waals surface area contributed by atoms with Gasteiger partial charge in [0.2, 0.25) is 7.59 Å². The van der Waals surface area contributed by atoms with E-state index in [1.54, 1.807) is 82.3 Å². The third kappa shape index (κ3) is 10.7. The fourth-order valence-electron chi connectivity index (χ4n) is 10.2. The van der Waals surface area contributed by atoms with Crippen molar-refractivity contribution < 1.29 is 67.7 Å². The number of ketones is 1. The van der Waals surface area contributed by atoms with Crippen molar-refractivity contribution in [2.45, 2.75) is 109 Å². The van der Waals surface area contributed by atoms with Gasteiger partial charge in [0.1, 0.15) is 43.9 Å². The summed E-state index contributed by atoms with van der Waals surface area (Å²) in [4.78, 5) is 56.3. The summed E-state index contributed by atoms with van der Waals surface area (Å²) in [6, 6.07) is 16.0. The van der Waals surface area contributed by atoms with Crippen molar-refractivity contribution in [3.8, 4) is 0 Å². The molecule has 2 bridgehead atoms. The predicted molar refractivity (Wildman–Crippen MR) is 238 cm³/mol. The summed E-state index contributed by atoms with van der Waals surface area (Å²) in [7, 11) is 0. The molecule has 6 rings (SSSR count). The molecule has 1 saturated heterocycles. The van der Waals surface area contributed by atoms with Crippen LogP contribution in [0.2, 0.25) is 0 Å². The number of Topliss-reactive ketones (excluding diaryl/α,β-unsaturated/α-hetero) is 1. The summed E-state index contributed by atoms with van der Waals surface area (Å²) in [5.41, 5.74) is -5.68. The van der Waals surface area contributed by atoms with E-state index >= 15 is 4.79 Å².